The molecule has 1 aromatic carbocycles. The largest absolute Gasteiger partial charge is 0.346 e. The Hall–Kier alpha value is -2.28. The molecule has 1 heterocycles. The summed E-state index contributed by atoms with van der Waals surface area (Å²) in [6.45, 7) is -3.14. The average Bonchev–Trinajstić information content (AvgIpc) is 2.86. The molecule has 19 heavy (non-hydrogen) atoms. The van der Waals surface area contributed by atoms with E-state index in [4.69, 9.17) is 0 Å². The van der Waals surface area contributed by atoms with Crippen LogP contribution in [0, 0.1) is 0 Å². The maximum atomic E-state index is 11.8. The second kappa shape index (κ2) is 6.05. The van der Waals surface area contributed by atoms with Crippen molar-refractivity contribution in [3.8, 4) is 0 Å². The molecule has 0 saturated carbocycles. The Morgan fingerprint density at radius 2 is 2.11 bits per heavy atom. The van der Waals surface area contributed by atoms with E-state index in [9.17, 15) is 13.6 Å². The zero-order chi connectivity index (χ0) is 13.7. The second-order valence-electron chi connectivity index (χ2n) is 3.66. The number of carbonyl (C=O) groups is 1. The number of benzene rings is 1. The van der Waals surface area contributed by atoms with Gasteiger partial charge in [-0.3, -0.25) is 0 Å². The molecule has 0 aliphatic rings. The molecule has 0 unspecified atom stereocenters. The molecule has 100 valence electrons. The Morgan fingerprint density at radius 3 is 2.79 bits per heavy atom. The van der Waals surface area contributed by atoms with Crippen molar-refractivity contribution >= 4 is 11.7 Å². The van der Waals surface area contributed by atoms with Crippen molar-refractivity contribution in [2.75, 3.05) is 5.32 Å². The Kier molecular flexibility index (Phi) is 4.19. The molecule has 0 bridgehead atoms. The van der Waals surface area contributed by atoms with Crippen LogP contribution < -0.4 is 5.32 Å². The van der Waals surface area contributed by atoms with E-state index in [2.05, 4.69) is 15.2 Å². The Bertz CT molecular complexity index is 543. The molecule has 0 spiro atoms. The first-order valence-electron chi connectivity index (χ1n) is 5.45. The summed E-state index contributed by atoms with van der Waals surface area (Å²) in [6, 6.07) is 8.35. The van der Waals surface area contributed by atoms with Crippen molar-refractivity contribution in [2.45, 2.75) is 13.2 Å². The van der Waals surface area contributed by atoms with Crippen LogP contribution in [0.1, 0.15) is 5.56 Å². The van der Waals surface area contributed by atoms with Gasteiger partial charge >= 0.3 is 12.6 Å². The number of halogens is 2. The molecule has 2 rings (SSSR count). The number of nitrogens with zero attached hydrogens (tertiary/aromatic N) is 2. The topological polar surface area (TPSA) is 56.2 Å². The van der Waals surface area contributed by atoms with Gasteiger partial charge in [-0.2, -0.15) is 18.6 Å². The molecule has 0 aliphatic heterocycles. The number of ether oxygens (including phenoxy) is 1. The number of para-hydroxylation sites is 1. The molecule has 1 N–H and O–H groups in total. The SMILES string of the molecule is O=C(Nc1ccccc1)n1cc(COC(F)F)cn1. The molecule has 7 heteroatoms. The van der Waals surface area contributed by atoms with Crippen molar-refractivity contribution < 1.29 is 18.3 Å². The summed E-state index contributed by atoms with van der Waals surface area (Å²) >= 11 is 0. The molecule has 0 saturated heterocycles. The van der Waals surface area contributed by atoms with Crippen molar-refractivity contribution in [1.29, 1.82) is 0 Å². The van der Waals surface area contributed by atoms with E-state index < -0.39 is 12.6 Å². The highest BCUT2D eigenvalue weighted by molar-refractivity contribution is 5.90. The molecular formula is C12H11F2N3O2. The summed E-state index contributed by atoms with van der Waals surface area (Å²) in [5, 5.41) is 6.38. The van der Waals surface area contributed by atoms with E-state index in [0.717, 1.165) is 4.68 Å². The van der Waals surface area contributed by atoms with Crippen LogP contribution in [0.3, 0.4) is 0 Å². The highest BCUT2D eigenvalue weighted by Gasteiger charge is 2.09. The van der Waals surface area contributed by atoms with Crippen LogP contribution in [0.15, 0.2) is 42.7 Å². The third-order valence-corrected chi connectivity index (χ3v) is 2.25. The summed E-state index contributed by atoms with van der Waals surface area (Å²) in [7, 11) is 0. The first kappa shape index (κ1) is 13.2. The zero-order valence-electron chi connectivity index (χ0n) is 9.79. The summed E-state index contributed by atoms with van der Waals surface area (Å²) in [4.78, 5) is 11.8. The highest BCUT2D eigenvalue weighted by atomic mass is 19.3. The minimum absolute atomic E-state index is 0.295. The quantitative estimate of drug-likeness (QED) is 0.926. The number of hydrogen-bond donors (Lipinski definition) is 1. The minimum Gasteiger partial charge on any atom is -0.318 e. The number of alkyl halides is 2. The molecule has 0 atom stereocenters. The van der Waals surface area contributed by atoms with Gasteiger partial charge in [0, 0.05) is 17.4 Å². The predicted molar refractivity (Wildman–Crippen MR) is 63.9 cm³/mol. The van der Waals surface area contributed by atoms with E-state index in [0.29, 0.717) is 11.3 Å². The van der Waals surface area contributed by atoms with Crippen LogP contribution in [-0.2, 0) is 11.3 Å². The summed E-state index contributed by atoms with van der Waals surface area (Å²) < 4.78 is 28.8. The normalized spacial score (nSPS) is 10.7. The zero-order valence-corrected chi connectivity index (χ0v) is 9.79. The number of rotatable bonds is 4. The molecule has 2 aromatic rings. The van der Waals surface area contributed by atoms with Crippen LogP contribution in [0.25, 0.3) is 0 Å². The van der Waals surface area contributed by atoms with E-state index in [1.54, 1.807) is 24.3 Å². The monoisotopic (exact) mass is 267 g/mol. The van der Waals surface area contributed by atoms with Gasteiger partial charge in [0.2, 0.25) is 0 Å². The summed E-state index contributed by atoms with van der Waals surface area (Å²) in [5.74, 6) is 0. The summed E-state index contributed by atoms with van der Waals surface area (Å²) in [5.41, 5.74) is 1.01. The van der Waals surface area contributed by atoms with Crippen LogP contribution in [0.5, 0.6) is 0 Å². The van der Waals surface area contributed by atoms with Gasteiger partial charge in [0.1, 0.15) is 0 Å². The Balaban J connectivity index is 1.96. The third kappa shape index (κ3) is 3.85. The van der Waals surface area contributed by atoms with E-state index >= 15 is 0 Å². The molecule has 0 fully saturated rings. The Labute approximate surface area is 107 Å². The fourth-order valence-electron chi connectivity index (χ4n) is 1.41. The van der Waals surface area contributed by atoms with E-state index in [1.807, 2.05) is 6.07 Å². The predicted octanol–water partition coefficient (Wildman–Crippen LogP) is 2.70. The van der Waals surface area contributed by atoms with Gasteiger partial charge in [-0.05, 0) is 12.1 Å². The number of hydrogen-bond acceptors (Lipinski definition) is 3. The van der Waals surface area contributed by atoms with Crippen molar-refractivity contribution in [3.05, 3.63) is 48.3 Å². The number of amides is 1. The van der Waals surface area contributed by atoms with E-state index in [1.165, 1.54) is 12.4 Å². The van der Waals surface area contributed by atoms with Crippen LogP contribution in [0.4, 0.5) is 19.3 Å². The lowest BCUT2D eigenvalue weighted by Gasteiger charge is -2.03. The van der Waals surface area contributed by atoms with Gasteiger partial charge in [0.25, 0.3) is 0 Å². The second-order valence-corrected chi connectivity index (χ2v) is 3.66. The number of aromatic nitrogens is 2. The lowest BCUT2D eigenvalue weighted by Crippen LogP contribution is -2.19. The van der Waals surface area contributed by atoms with Gasteiger partial charge in [-0.25, -0.2) is 4.79 Å². The maximum Gasteiger partial charge on any atom is 0.346 e. The van der Waals surface area contributed by atoms with Gasteiger partial charge in [0.15, 0.2) is 0 Å². The van der Waals surface area contributed by atoms with E-state index in [-0.39, 0.29) is 6.61 Å². The Morgan fingerprint density at radius 1 is 1.37 bits per heavy atom. The number of anilines is 1. The lowest BCUT2D eigenvalue weighted by molar-refractivity contribution is -0.137. The highest BCUT2D eigenvalue weighted by Crippen LogP contribution is 2.07. The van der Waals surface area contributed by atoms with Crippen molar-refractivity contribution in [3.63, 3.8) is 0 Å². The average molecular weight is 267 g/mol. The molecule has 0 aliphatic carbocycles. The van der Waals surface area contributed by atoms with Gasteiger partial charge in [-0.1, -0.05) is 18.2 Å². The lowest BCUT2D eigenvalue weighted by atomic mass is 10.3. The maximum absolute atomic E-state index is 11.8. The fourth-order valence-corrected chi connectivity index (χ4v) is 1.41. The minimum atomic E-state index is -2.85. The molecule has 1 amide bonds. The third-order valence-electron chi connectivity index (χ3n) is 2.25. The van der Waals surface area contributed by atoms with Crippen molar-refractivity contribution in [1.82, 2.24) is 9.78 Å². The first-order chi connectivity index (χ1) is 9.15. The molecule has 0 radical (unpaired) electrons. The smallest absolute Gasteiger partial charge is 0.318 e. The summed E-state index contributed by atoms with van der Waals surface area (Å²) in [6.07, 6.45) is 2.63. The molecule has 5 nitrogen and oxygen atoms in total. The molecular weight excluding hydrogens is 256 g/mol. The number of nitrogens with one attached hydrogen (secondary N) is 1. The van der Waals surface area contributed by atoms with Gasteiger partial charge in [0.05, 0.1) is 12.8 Å². The van der Waals surface area contributed by atoms with Gasteiger partial charge in [-0.15, -0.1) is 0 Å². The van der Waals surface area contributed by atoms with Crippen LogP contribution in [0.2, 0.25) is 0 Å². The first-order valence-corrected chi connectivity index (χ1v) is 5.45. The van der Waals surface area contributed by atoms with Crippen molar-refractivity contribution in [2.24, 2.45) is 0 Å². The standard InChI is InChI=1S/C12H11F2N3O2/c13-11(14)19-8-9-6-15-17(7-9)12(18)16-10-4-2-1-3-5-10/h1-7,11H,8H2,(H,16,18). The molecule has 1 aromatic heterocycles. The van der Waals surface area contributed by atoms with Crippen LogP contribution >= 0.6 is 0 Å². The fraction of sp³-hybridized carbons (Fsp3) is 0.167. The van der Waals surface area contributed by atoms with Gasteiger partial charge < -0.3 is 10.1 Å². The number of carbonyl (C=O) groups excluding carboxylic acids is 1. The van der Waals surface area contributed by atoms with Crippen LogP contribution in [-0.4, -0.2) is 22.4 Å².